The lowest BCUT2D eigenvalue weighted by Gasteiger charge is -2.40. The molecule has 1 fully saturated rings. The average Bonchev–Trinajstić information content (AvgIpc) is 2.83. The minimum Gasteiger partial charge on any atom is -0.487 e. The summed E-state index contributed by atoms with van der Waals surface area (Å²) in [7, 11) is -0.118. The Balaban J connectivity index is 1.54. The maximum absolute atomic E-state index is 15.0. The Hall–Kier alpha value is -1.97. The zero-order valence-corrected chi connectivity index (χ0v) is 22.8. The Bertz CT molecular complexity index is 1340. The van der Waals surface area contributed by atoms with Gasteiger partial charge in [0.1, 0.15) is 28.9 Å². The second kappa shape index (κ2) is 11.2. The zero-order chi connectivity index (χ0) is 26.0. The van der Waals surface area contributed by atoms with E-state index in [0.717, 1.165) is 30.5 Å². The molecule has 1 aliphatic rings. The van der Waals surface area contributed by atoms with Crippen LogP contribution in [-0.4, -0.2) is 49.5 Å². The quantitative estimate of drug-likeness (QED) is 0.336. The van der Waals surface area contributed by atoms with Gasteiger partial charge in [-0.3, -0.25) is 0 Å². The van der Waals surface area contributed by atoms with E-state index in [1.807, 2.05) is 26.2 Å². The van der Waals surface area contributed by atoms with Gasteiger partial charge in [-0.15, -0.1) is 0 Å². The van der Waals surface area contributed by atoms with Crippen molar-refractivity contribution >= 4 is 44.6 Å². The lowest BCUT2D eigenvalue weighted by Crippen LogP contribution is -2.46. The molecular weight excluding hydrogens is 548 g/mol. The van der Waals surface area contributed by atoms with E-state index in [9.17, 15) is 8.42 Å². The van der Waals surface area contributed by atoms with Gasteiger partial charge in [0.2, 0.25) is 0 Å². The third-order valence-corrected chi connectivity index (χ3v) is 9.21. The molecule has 3 aromatic rings. The van der Waals surface area contributed by atoms with Crippen LogP contribution in [0.4, 0.5) is 4.39 Å². The second-order valence-corrected chi connectivity index (χ2v) is 12.2. The lowest BCUT2D eigenvalue weighted by molar-refractivity contribution is 0.0544. The molecular formula is C25H25Cl3FN3O3S. The van der Waals surface area contributed by atoms with Crippen molar-refractivity contribution in [3.63, 3.8) is 0 Å². The van der Waals surface area contributed by atoms with Crippen LogP contribution in [0, 0.1) is 5.82 Å². The number of hydrogen-bond donors (Lipinski definition) is 0. The maximum Gasteiger partial charge on any atom is 0.187 e. The molecule has 1 aliphatic carbocycles. The van der Waals surface area contributed by atoms with Gasteiger partial charge in [-0.05, 0) is 63.0 Å². The van der Waals surface area contributed by atoms with Crippen molar-refractivity contribution < 1.29 is 17.5 Å². The molecule has 4 rings (SSSR count). The Kier molecular flexibility index (Phi) is 8.42. The minimum absolute atomic E-state index is 0.0147. The first-order chi connectivity index (χ1) is 17.1. The summed E-state index contributed by atoms with van der Waals surface area (Å²) in [6, 6.07) is 9.23. The Morgan fingerprint density at radius 2 is 1.89 bits per heavy atom. The van der Waals surface area contributed by atoms with Gasteiger partial charge in [0.15, 0.2) is 9.84 Å². The highest BCUT2D eigenvalue weighted by Crippen LogP contribution is 2.42. The molecule has 0 amide bonds. The van der Waals surface area contributed by atoms with Crippen LogP contribution >= 0.6 is 34.8 Å². The van der Waals surface area contributed by atoms with Crippen molar-refractivity contribution in [2.24, 2.45) is 0 Å². The van der Waals surface area contributed by atoms with E-state index in [1.54, 1.807) is 6.07 Å². The molecule has 0 unspecified atom stereocenters. The summed E-state index contributed by atoms with van der Waals surface area (Å²) < 4.78 is 46.8. The number of aromatic nitrogens is 2. The fraction of sp³-hybridized carbons (Fsp3) is 0.360. The SMILES string of the molecule is CN(C)[C@H]1C[C@@H](c2cccc(Cl)c2Cl)CC[C@@H]1Oc1cc(F)c(S(=O)(=O)Cc2ccncn2)cc1Cl. The summed E-state index contributed by atoms with van der Waals surface area (Å²) in [5.74, 6) is -1.11. The number of rotatable bonds is 7. The van der Waals surface area contributed by atoms with Crippen LogP contribution in [0.25, 0.3) is 0 Å². The van der Waals surface area contributed by atoms with Crippen molar-refractivity contribution in [1.82, 2.24) is 14.9 Å². The van der Waals surface area contributed by atoms with Crippen LogP contribution < -0.4 is 4.74 Å². The topological polar surface area (TPSA) is 72.4 Å². The van der Waals surface area contributed by atoms with Crippen LogP contribution in [0.3, 0.4) is 0 Å². The van der Waals surface area contributed by atoms with Crippen molar-refractivity contribution in [2.75, 3.05) is 14.1 Å². The highest BCUT2D eigenvalue weighted by Gasteiger charge is 2.35. The number of benzene rings is 2. The van der Waals surface area contributed by atoms with Crippen LogP contribution in [0.5, 0.6) is 5.75 Å². The van der Waals surface area contributed by atoms with E-state index in [2.05, 4.69) is 14.9 Å². The standard InChI is InChI=1S/C25H25Cl3FN3O3S/c1-32(2)21-10-15(17-4-3-5-18(26)25(17)28)6-7-22(21)35-23-12-20(29)24(11-19(23)27)36(33,34)13-16-8-9-30-14-31-16/h3-5,8-9,11-12,14-15,21-22H,6-7,10,13H2,1-2H3/t15-,21-,22-/m0/s1. The molecule has 0 bridgehead atoms. The van der Waals surface area contributed by atoms with Crippen LogP contribution in [-0.2, 0) is 15.6 Å². The predicted molar refractivity (Wildman–Crippen MR) is 139 cm³/mol. The minimum atomic E-state index is -4.02. The molecule has 1 aromatic heterocycles. The normalized spacial score (nSPS) is 20.5. The monoisotopic (exact) mass is 571 g/mol. The predicted octanol–water partition coefficient (Wildman–Crippen LogP) is 6.20. The molecule has 2 aromatic carbocycles. The Morgan fingerprint density at radius 3 is 2.58 bits per heavy atom. The molecule has 11 heteroatoms. The Labute approximate surface area is 225 Å². The number of halogens is 4. The molecule has 0 N–H and O–H groups in total. The van der Waals surface area contributed by atoms with Crippen molar-refractivity contribution in [3.8, 4) is 5.75 Å². The number of sulfone groups is 1. The first-order valence-corrected chi connectivity index (χ1v) is 14.1. The highest BCUT2D eigenvalue weighted by molar-refractivity contribution is 7.90. The van der Waals surface area contributed by atoms with Gasteiger partial charge in [-0.1, -0.05) is 46.9 Å². The number of nitrogens with zero attached hydrogens (tertiary/aromatic N) is 3. The van der Waals surface area contributed by atoms with Gasteiger partial charge in [-0.25, -0.2) is 22.8 Å². The van der Waals surface area contributed by atoms with Gasteiger partial charge in [-0.2, -0.15) is 0 Å². The zero-order valence-electron chi connectivity index (χ0n) is 19.7. The van der Waals surface area contributed by atoms with E-state index in [4.69, 9.17) is 39.5 Å². The molecule has 192 valence electrons. The summed E-state index contributed by atoms with van der Waals surface area (Å²) in [6.07, 6.45) is 4.59. The number of likely N-dealkylation sites (N-methyl/N-ethyl adjacent to an activating group) is 1. The van der Waals surface area contributed by atoms with Crippen molar-refractivity contribution in [1.29, 1.82) is 0 Å². The van der Waals surface area contributed by atoms with Gasteiger partial charge in [0, 0.05) is 18.3 Å². The lowest BCUT2D eigenvalue weighted by atomic mass is 9.79. The molecule has 6 nitrogen and oxygen atoms in total. The highest BCUT2D eigenvalue weighted by atomic mass is 35.5. The summed E-state index contributed by atoms with van der Waals surface area (Å²) in [5.41, 5.74) is 1.25. The van der Waals surface area contributed by atoms with E-state index in [0.29, 0.717) is 16.5 Å². The molecule has 1 saturated carbocycles. The second-order valence-electron chi connectivity index (χ2n) is 9.01. The molecule has 1 heterocycles. The number of ether oxygens (including phenoxy) is 1. The van der Waals surface area contributed by atoms with E-state index in [1.165, 1.54) is 18.6 Å². The number of hydrogen-bond acceptors (Lipinski definition) is 6. The fourth-order valence-electron chi connectivity index (χ4n) is 4.60. The Morgan fingerprint density at radius 1 is 1.11 bits per heavy atom. The third kappa shape index (κ3) is 5.94. The summed E-state index contributed by atoms with van der Waals surface area (Å²) in [4.78, 5) is 9.23. The molecule has 0 spiro atoms. The first-order valence-electron chi connectivity index (χ1n) is 11.3. The molecule has 0 radical (unpaired) electrons. The summed E-state index contributed by atoms with van der Waals surface area (Å²) >= 11 is 19.1. The molecule has 0 saturated heterocycles. The van der Waals surface area contributed by atoms with Gasteiger partial charge in [0.25, 0.3) is 0 Å². The van der Waals surface area contributed by atoms with E-state index >= 15 is 4.39 Å². The fourth-order valence-corrected chi connectivity index (χ4v) is 6.70. The first kappa shape index (κ1) is 27.1. The smallest absolute Gasteiger partial charge is 0.187 e. The van der Waals surface area contributed by atoms with Gasteiger partial charge < -0.3 is 9.64 Å². The average molecular weight is 573 g/mol. The van der Waals surface area contributed by atoms with Crippen LogP contribution in [0.2, 0.25) is 15.1 Å². The van der Waals surface area contributed by atoms with E-state index in [-0.39, 0.29) is 34.5 Å². The molecule has 0 aliphatic heterocycles. The van der Waals surface area contributed by atoms with E-state index < -0.39 is 26.3 Å². The molecule has 3 atom stereocenters. The van der Waals surface area contributed by atoms with Gasteiger partial charge in [0.05, 0.1) is 26.5 Å². The third-order valence-electron chi connectivity index (χ3n) is 6.42. The summed E-state index contributed by atoms with van der Waals surface area (Å²) in [6.45, 7) is 0. The van der Waals surface area contributed by atoms with Gasteiger partial charge >= 0.3 is 0 Å². The molecule has 36 heavy (non-hydrogen) atoms. The van der Waals surface area contributed by atoms with Crippen LogP contribution in [0.1, 0.15) is 36.4 Å². The largest absolute Gasteiger partial charge is 0.487 e. The summed E-state index contributed by atoms with van der Waals surface area (Å²) in [5, 5.41) is 1.10. The maximum atomic E-state index is 15.0. The van der Waals surface area contributed by atoms with Crippen molar-refractivity contribution in [3.05, 3.63) is 81.1 Å². The van der Waals surface area contributed by atoms with Crippen LogP contribution in [0.15, 0.2) is 53.8 Å². The van der Waals surface area contributed by atoms with Crippen molar-refractivity contribution in [2.45, 2.75) is 48.0 Å².